The zero-order valence-corrected chi connectivity index (χ0v) is 13.6. The van der Waals surface area contributed by atoms with Crippen LogP contribution in [0.3, 0.4) is 0 Å². The number of carbonyl (C=O) groups is 2. The number of benzene rings is 1. The minimum atomic E-state index is -0.509. The third-order valence-corrected chi connectivity index (χ3v) is 3.72. The van der Waals surface area contributed by atoms with E-state index >= 15 is 0 Å². The molecular weight excluding hydrogens is 304 g/mol. The van der Waals surface area contributed by atoms with Crippen LogP contribution in [-0.2, 0) is 9.59 Å². The molecule has 2 N–H and O–H groups in total. The number of rotatable bonds is 5. The number of ether oxygens (including phenoxy) is 1. The van der Waals surface area contributed by atoms with E-state index in [1.54, 1.807) is 18.2 Å². The van der Waals surface area contributed by atoms with E-state index in [4.69, 9.17) is 16.3 Å². The molecule has 0 saturated heterocycles. The number of amides is 2. The van der Waals surface area contributed by atoms with Crippen LogP contribution in [0.5, 0.6) is 5.75 Å². The summed E-state index contributed by atoms with van der Waals surface area (Å²) in [6, 6.07) is 5.05. The van der Waals surface area contributed by atoms with Gasteiger partial charge in [0.1, 0.15) is 12.4 Å². The molecule has 1 aliphatic rings. The van der Waals surface area contributed by atoms with Crippen LogP contribution in [0.15, 0.2) is 18.2 Å². The molecule has 0 radical (unpaired) electrons. The summed E-state index contributed by atoms with van der Waals surface area (Å²) in [5, 5.41) is 6.12. The van der Waals surface area contributed by atoms with Gasteiger partial charge in [0.25, 0.3) is 0 Å². The Bertz CT molecular complexity index is 560. The number of nitrogens with one attached hydrogen (secondary N) is 2. The molecule has 2 amide bonds. The predicted molar refractivity (Wildman–Crippen MR) is 86.1 cm³/mol. The summed E-state index contributed by atoms with van der Waals surface area (Å²) in [5.41, 5.74) is 0.542. The van der Waals surface area contributed by atoms with Gasteiger partial charge >= 0.3 is 0 Å². The van der Waals surface area contributed by atoms with Crippen LogP contribution in [0.25, 0.3) is 0 Å². The van der Waals surface area contributed by atoms with Gasteiger partial charge in [-0.2, -0.15) is 0 Å². The molecule has 0 spiro atoms. The largest absolute Gasteiger partial charge is 0.491 e. The zero-order chi connectivity index (χ0) is 16.1. The Balaban J connectivity index is 1.91. The maximum atomic E-state index is 12.2. The Hall–Kier alpha value is -1.75. The molecule has 1 heterocycles. The number of fused-ring (bicyclic) bond motifs is 1. The van der Waals surface area contributed by atoms with Gasteiger partial charge in [-0.25, -0.2) is 0 Å². The summed E-state index contributed by atoms with van der Waals surface area (Å²) >= 11 is 5.91. The van der Waals surface area contributed by atoms with Crippen molar-refractivity contribution in [3.8, 4) is 5.75 Å². The van der Waals surface area contributed by atoms with E-state index in [9.17, 15) is 9.59 Å². The van der Waals surface area contributed by atoms with Crippen LogP contribution < -0.4 is 15.4 Å². The third-order valence-electron chi connectivity index (χ3n) is 3.49. The quantitative estimate of drug-likeness (QED) is 0.875. The average molecular weight is 325 g/mol. The molecule has 0 bridgehead atoms. The smallest absolute Gasteiger partial charge is 0.231 e. The molecular formula is C16H21ClN2O3. The van der Waals surface area contributed by atoms with Crippen molar-refractivity contribution < 1.29 is 14.3 Å². The SMILES string of the molecule is CC(C)CCNC(=O)CC1COc2ccc(Cl)cc2NC1=O. The van der Waals surface area contributed by atoms with Crippen molar-refractivity contribution in [2.24, 2.45) is 11.8 Å². The molecule has 1 aromatic rings. The Morgan fingerprint density at radius 2 is 2.27 bits per heavy atom. The predicted octanol–water partition coefficient (Wildman–Crippen LogP) is 2.84. The van der Waals surface area contributed by atoms with Gasteiger partial charge in [0, 0.05) is 18.0 Å². The standard InChI is InChI=1S/C16H21ClN2O3/c1-10(2)5-6-18-15(20)7-11-9-22-14-4-3-12(17)8-13(14)19-16(11)21/h3-4,8,10-11H,5-7,9H2,1-2H3,(H,18,20)(H,19,21). The first-order chi connectivity index (χ1) is 10.5. The van der Waals surface area contributed by atoms with Crippen LogP contribution in [0.4, 0.5) is 5.69 Å². The van der Waals surface area contributed by atoms with Gasteiger partial charge < -0.3 is 15.4 Å². The summed E-state index contributed by atoms with van der Waals surface area (Å²) in [4.78, 5) is 24.1. The summed E-state index contributed by atoms with van der Waals surface area (Å²) < 4.78 is 5.61. The fourth-order valence-electron chi connectivity index (χ4n) is 2.17. The van der Waals surface area contributed by atoms with Crippen molar-refractivity contribution in [1.82, 2.24) is 5.32 Å². The van der Waals surface area contributed by atoms with Gasteiger partial charge in [-0.15, -0.1) is 0 Å². The molecule has 1 aliphatic heterocycles. The van der Waals surface area contributed by atoms with Crippen LogP contribution in [0.2, 0.25) is 5.02 Å². The van der Waals surface area contributed by atoms with Crippen LogP contribution >= 0.6 is 11.6 Å². The van der Waals surface area contributed by atoms with E-state index in [1.165, 1.54) is 0 Å². The lowest BCUT2D eigenvalue weighted by Crippen LogP contribution is -2.33. The molecule has 0 aromatic heterocycles. The average Bonchev–Trinajstić information content (AvgIpc) is 2.58. The van der Waals surface area contributed by atoms with Crippen molar-refractivity contribution >= 4 is 29.1 Å². The lowest BCUT2D eigenvalue weighted by atomic mass is 10.1. The third kappa shape index (κ3) is 4.63. The second-order valence-corrected chi connectivity index (χ2v) is 6.31. The molecule has 2 rings (SSSR count). The molecule has 0 aliphatic carbocycles. The maximum absolute atomic E-state index is 12.2. The monoisotopic (exact) mass is 324 g/mol. The van der Waals surface area contributed by atoms with Crippen LogP contribution in [0.1, 0.15) is 26.7 Å². The van der Waals surface area contributed by atoms with Crippen LogP contribution in [0, 0.1) is 11.8 Å². The lowest BCUT2D eigenvalue weighted by molar-refractivity contribution is -0.128. The Morgan fingerprint density at radius 1 is 1.50 bits per heavy atom. The Morgan fingerprint density at radius 3 is 3.00 bits per heavy atom. The summed E-state index contributed by atoms with van der Waals surface area (Å²) in [5.74, 6) is 0.239. The highest BCUT2D eigenvalue weighted by molar-refractivity contribution is 6.31. The van der Waals surface area contributed by atoms with E-state index in [-0.39, 0.29) is 24.8 Å². The number of halogens is 1. The van der Waals surface area contributed by atoms with Gasteiger partial charge in [0.15, 0.2) is 0 Å². The fourth-order valence-corrected chi connectivity index (χ4v) is 2.35. The van der Waals surface area contributed by atoms with Gasteiger partial charge in [0.2, 0.25) is 11.8 Å². The Labute approximate surface area is 135 Å². The van der Waals surface area contributed by atoms with Crippen molar-refractivity contribution in [2.45, 2.75) is 26.7 Å². The van der Waals surface area contributed by atoms with Crippen molar-refractivity contribution in [3.05, 3.63) is 23.2 Å². The molecule has 22 heavy (non-hydrogen) atoms. The Kier molecular flexibility index (Phi) is 5.66. The molecule has 120 valence electrons. The minimum absolute atomic E-state index is 0.117. The van der Waals surface area contributed by atoms with E-state index < -0.39 is 5.92 Å². The highest BCUT2D eigenvalue weighted by Gasteiger charge is 2.27. The normalized spacial score (nSPS) is 17.3. The van der Waals surface area contributed by atoms with Gasteiger partial charge in [-0.1, -0.05) is 25.4 Å². The summed E-state index contributed by atoms with van der Waals surface area (Å²) in [7, 11) is 0. The molecule has 1 unspecified atom stereocenters. The van der Waals surface area contributed by atoms with E-state index in [0.29, 0.717) is 28.9 Å². The number of hydrogen-bond acceptors (Lipinski definition) is 3. The number of hydrogen-bond donors (Lipinski definition) is 2. The number of anilines is 1. The zero-order valence-electron chi connectivity index (χ0n) is 12.8. The topological polar surface area (TPSA) is 67.4 Å². The van der Waals surface area contributed by atoms with Gasteiger partial charge in [-0.3, -0.25) is 9.59 Å². The van der Waals surface area contributed by atoms with Gasteiger partial charge in [-0.05, 0) is 30.5 Å². The fraction of sp³-hybridized carbons (Fsp3) is 0.500. The van der Waals surface area contributed by atoms with E-state index in [2.05, 4.69) is 24.5 Å². The van der Waals surface area contributed by atoms with E-state index in [0.717, 1.165) is 6.42 Å². The summed E-state index contributed by atoms with van der Waals surface area (Å²) in [6.07, 6.45) is 1.04. The second-order valence-electron chi connectivity index (χ2n) is 5.87. The first-order valence-corrected chi connectivity index (χ1v) is 7.83. The number of carbonyl (C=O) groups excluding carboxylic acids is 2. The molecule has 0 fully saturated rings. The first kappa shape index (κ1) is 16.6. The summed E-state index contributed by atoms with van der Waals surface area (Å²) in [6.45, 7) is 5.00. The molecule has 1 atom stereocenters. The van der Waals surface area contributed by atoms with Crippen molar-refractivity contribution in [3.63, 3.8) is 0 Å². The molecule has 5 nitrogen and oxygen atoms in total. The second kappa shape index (κ2) is 7.49. The molecule has 1 aromatic carbocycles. The van der Waals surface area contributed by atoms with Crippen molar-refractivity contribution in [1.29, 1.82) is 0 Å². The van der Waals surface area contributed by atoms with Crippen molar-refractivity contribution in [2.75, 3.05) is 18.5 Å². The molecule has 6 heteroatoms. The maximum Gasteiger partial charge on any atom is 0.231 e. The first-order valence-electron chi connectivity index (χ1n) is 7.45. The lowest BCUT2D eigenvalue weighted by Gasteiger charge is -2.13. The minimum Gasteiger partial charge on any atom is -0.491 e. The highest BCUT2D eigenvalue weighted by atomic mass is 35.5. The van der Waals surface area contributed by atoms with Crippen LogP contribution in [-0.4, -0.2) is 25.0 Å². The molecule has 0 saturated carbocycles. The van der Waals surface area contributed by atoms with Gasteiger partial charge in [0.05, 0.1) is 11.6 Å². The highest BCUT2D eigenvalue weighted by Crippen LogP contribution is 2.31. The van der Waals surface area contributed by atoms with E-state index in [1.807, 2.05) is 0 Å².